The first-order valence-electron chi connectivity index (χ1n) is 35.9. The number of aliphatic hydroxyl groups is 1. The smallest absolute Gasteiger partial charge is 0.410 e. The van der Waals surface area contributed by atoms with E-state index in [1.54, 1.807) is 88.3 Å². The summed E-state index contributed by atoms with van der Waals surface area (Å²) in [6.45, 7) is 34.3. The van der Waals surface area contributed by atoms with Crippen molar-refractivity contribution in [3.8, 4) is 0 Å². The van der Waals surface area contributed by atoms with Crippen LogP contribution in [0.3, 0.4) is 0 Å². The van der Waals surface area contributed by atoms with Gasteiger partial charge in [0.05, 0.1) is 32.0 Å². The first-order chi connectivity index (χ1) is 46.6. The standard InChI is InChI=1S/C74H131N9O18/c1-29-31-34-48(13)64(88)63(66(90)76-54(30-2)69(93)77(21)42-60(87)98-28)82(26)72(96)61(47(11)12)81(25)71(95)57(39-45(7)8)80(24)70(94)56(38-44(5)6)79(23)67(91)50(15)75-65(89)49(14)40-58(85)55(37-43(3)4)78(22)68(92)53(46(9)10)41-59(86)62(83(27)73(97)101-74(18,19)20)51(16)99-35-32-33-36-100-52(17)84/h29,31,43-51,53-57,61-64,88H,30,32-42H2,1-28H3,(H,75,89)(H,76,90)/b31-29+/t48-,49-,50-,51+,53+,54+,55-,56+,57+,61+,62+,63+,64-/m1/s1. The lowest BCUT2D eigenvalue weighted by atomic mass is 9.85. The molecule has 13 atom stereocenters. The average Bonchev–Trinajstić information content (AvgIpc) is 0.803. The molecule has 0 aromatic carbocycles. The van der Waals surface area contributed by atoms with Crippen LogP contribution in [-0.2, 0) is 76.5 Å². The molecule has 0 saturated carbocycles. The predicted molar refractivity (Wildman–Crippen MR) is 386 cm³/mol. The van der Waals surface area contributed by atoms with E-state index >= 15 is 14.4 Å². The number of carbonyl (C=O) groups excluding carboxylic acids is 13. The fourth-order valence-corrected chi connectivity index (χ4v) is 12.0. The summed E-state index contributed by atoms with van der Waals surface area (Å²) < 4.78 is 21.4. The molecule has 0 aliphatic rings. The van der Waals surface area contributed by atoms with Crippen LogP contribution >= 0.6 is 0 Å². The van der Waals surface area contributed by atoms with Crippen LogP contribution in [0.2, 0.25) is 0 Å². The van der Waals surface area contributed by atoms with Crippen molar-refractivity contribution in [1.82, 2.24) is 44.9 Å². The number of aliphatic hydroxyl groups excluding tert-OH is 1. The van der Waals surface area contributed by atoms with E-state index in [0.29, 0.717) is 19.3 Å². The number of unbranched alkanes of at least 4 members (excludes halogenated alkanes) is 1. The lowest BCUT2D eigenvalue weighted by Gasteiger charge is -2.41. The van der Waals surface area contributed by atoms with Crippen LogP contribution in [0.1, 0.15) is 196 Å². The summed E-state index contributed by atoms with van der Waals surface area (Å²) in [5.41, 5.74) is -0.898. The number of allylic oxidation sites excluding steroid dienone is 2. The molecular formula is C74H131N9O18. The normalized spacial score (nSPS) is 15.7. The van der Waals surface area contributed by atoms with Gasteiger partial charge in [0.1, 0.15) is 54.4 Å². The molecule has 0 aromatic heterocycles. The van der Waals surface area contributed by atoms with Crippen molar-refractivity contribution in [3.63, 3.8) is 0 Å². The number of Topliss-reactive ketones (excluding diaryl/α,β-unsaturated/α-hetero) is 2. The lowest BCUT2D eigenvalue weighted by Crippen LogP contribution is -2.63. The summed E-state index contributed by atoms with van der Waals surface area (Å²) in [6.07, 6.45) is 1.67. The van der Waals surface area contributed by atoms with Gasteiger partial charge in [0, 0.05) is 87.5 Å². The molecule has 0 radical (unpaired) electrons. The number of esters is 2. The highest BCUT2D eigenvalue weighted by Gasteiger charge is 2.46. The highest BCUT2D eigenvalue weighted by atomic mass is 16.6. The first-order valence-corrected chi connectivity index (χ1v) is 35.9. The van der Waals surface area contributed by atoms with Crippen LogP contribution in [0.15, 0.2) is 12.2 Å². The van der Waals surface area contributed by atoms with Crippen LogP contribution in [0.25, 0.3) is 0 Å². The minimum atomic E-state index is -1.58. The topological polar surface area (TPSA) is 326 Å². The van der Waals surface area contributed by atoms with Gasteiger partial charge in [-0.25, -0.2) is 4.79 Å². The Morgan fingerprint density at radius 1 is 0.535 bits per heavy atom. The highest BCUT2D eigenvalue weighted by Crippen LogP contribution is 2.29. The largest absolute Gasteiger partial charge is 0.468 e. The van der Waals surface area contributed by atoms with Gasteiger partial charge < -0.3 is 64.1 Å². The number of nitrogens with zero attached hydrogens (tertiary/aromatic N) is 7. The van der Waals surface area contributed by atoms with Crippen molar-refractivity contribution in [2.45, 2.75) is 262 Å². The SMILES string of the molecule is C/C=C/C[C@@H](C)[C@@H](O)[C@@H](C(=O)N[C@@H](CC)C(=O)N(C)CC(=O)OC)N(C)C(=O)[C@H](C(C)C)N(C)C(=O)[C@H](CC(C)C)N(C)C(=O)[C@H](CC(C)C)N(C)C(=O)[C@@H](C)NC(=O)[C@H](C)CC(=O)[C@@H](CC(C)C)N(C)C(=O)[C@@H](CC(=O)[C@H]([C@H](C)OCCCCOC(C)=O)N(C)C(=O)OC(C)(C)C)C(C)C. The number of ketones is 2. The van der Waals surface area contributed by atoms with Gasteiger partial charge in [-0.05, 0) is 122 Å². The second-order valence-corrected chi connectivity index (χ2v) is 30.3. The van der Waals surface area contributed by atoms with E-state index in [0.717, 1.165) is 9.80 Å². The third-order valence-electron chi connectivity index (χ3n) is 18.1. The van der Waals surface area contributed by atoms with Gasteiger partial charge in [0.2, 0.25) is 47.3 Å². The Kier molecular flexibility index (Phi) is 41.4. The van der Waals surface area contributed by atoms with Gasteiger partial charge in [0.15, 0.2) is 11.6 Å². The Balaban J connectivity index is 7.05. The maximum atomic E-state index is 15.2. The maximum Gasteiger partial charge on any atom is 0.410 e. The van der Waals surface area contributed by atoms with E-state index in [2.05, 4.69) is 10.6 Å². The molecule has 27 nitrogen and oxygen atoms in total. The van der Waals surface area contributed by atoms with E-state index in [1.807, 2.05) is 41.5 Å². The van der Waals surface area contributed by atoms with E-state index < -0.39 is 179 Å². The van der Waals surface area contributed by atoms with Crippen molar-refractivity contribution in [2.24, 2.45) is 47.3 Å². The molecule has 580 valence electrons. The molecule has 0 aromatic rings. The summed E-state index contributed by atoms with van der Waals surface area (Å²) in [6, 6.07) is -9.82. The Bertz CT molecular complexity index is 2770. The van der Waals surface area contributed by atoms with Crippen LogP contribution in [0, 0.1) is 47.3 Å². The minimum Gasteiger partial charge on any atom is -0.468 e. The molecule has 3 N–H and O–H groups in total. The van der Waals surface area contributed by atoms with Gasteiger partial charge in [0.25, 0.3) is 0 Å². The zero-order chi connectivity index (χ0) is 78.6. The summed E-state index contributed by atoms with van der Waals surface area (Å²) in [5, 5.41) is 17.4. The highest BCUT2D eigenvalue weighted by molar-refractivity contribution is 5.99. The summed E-state index contributed by atoms with van der Waals surface area (Å²) in [7, 11) is 11.1. The molecule has 27 heteroatoms. The number of likely N-dealkylation sites (N-methyl/N-ethyl adjacent to an activating group) is 7. The third kappa shape index (κ3) is 30.4. The second kappa shape index (κ2) is 44.5. The zero-order valence-corrected chi connectivity index (χ0v) is 66.6. The molecule has 0 unspecified atom stereocenters. The van der Waals surface area contributed by atoms with Crippen molar-refractivity contribution in [1.29, 1.82) is 0 Å². The molecule has 0 rings (SSSR count). The fourth-order valence-electron chi connectivity index (χ4n) is 12.0. The average molecular weight is 1430 g/mol. The number of nitrogens with one attached hydrogen (secondary N) is 2. The molecule has 0 saturated heterocycles. The van der Waals surface area contributed by atoms with Crippen LogP contribution in [0.4, 0.5) is 4.79 Å². The number of hydrogen-bond donors (Lipinski definition) is 3. The number of ether oxygens (including phenoxy) is 4. The summed E-state index contributed by atoms with van der Waals surface area (Å²) >= 11 is 0. The molecule has 101 heavy (non-hydrogen) atoms. The van der Waals surface area contributed by atoms with E-state index in [-0.39, 0.29) is 69.5 Å². The molecule has 0 fully saturated rings. The van der Waals surface area contributed by atoms with E-state index in [1.165, 1.54) is 102 Å². The number of methoxy groups -OCH3 is 1. The van der Waals surface area contributed by atoms with Gasteiger partial charge in [-0.15, -0.1) is 0 Å². The molecule has 0 aliphatic carbocycles. The Hall–Kier alpha value is -7.03. The number of carbonyl (C=O) groups is 13. The second-order valence-electron chi connectivity index (χ2n) is 30.3. The first kappa shape index (κ1) is 94.0. The quantitative estimate of drug-likeness (QED) is 0.0247. The Morgan fingerprint density at radius 3 is 1.49 bits per heavy atom. The van der Waals surface area contributed by atoms with Gasteiger partial charge in [-0.1, -0.05) is 102 Å². The Labute approximate surface area is 603 Å². The number of rotatable bonds is 44. The monoisotopic (exact) mass is 1430 g/mol. The van der Waals surface area contributed by atoms with Crippen molar-refractivity contribution < 1.29 is 86.4 Å². The number of hydrogen-bond acceptors (Lipinski definition) is 18. The van der Waals surface area contributed by atoms with Gasteiger partial charge in [-0.3, -0.25) is 62.4 Å². The van der Waals surface area contributed by atoms with Crippen molar-refractivity contribution in [2.75, 3.05) is 76.2 Å². The molecule has 9 amide bonds. The molecule has 0 heterocycles. The van der Waals surface area contributed by atoms with Crippen LogP contribution < -0.4 is 10.6 Å². The Morgan fingerprint density at radius 2 is 1.02 bits per heavy atom. The fraction of sp³-hybridized carbons (Fsp3) is 0.797. The summed E-state index contributed by atoms with van der Waals surface area (Å²) in [5.74, 6) is -11.3. The van der Waals surface area contributed by atoms with Gasteiger partial charge in [-0.2, -0.15) is 0 Å². The molecule has 0 spiro atoms. The van der Waals surface area contributed by atoms with Crippen molar-refractivity contribution in [3.05, 3.63) is 12.2 Å². The third-order valence-corrected chi connectivity index (χ3v) is 18.1. The van der Waals surface area contributed by atoms with E-state index in [9.17, 15) is 53.1 Å². The summed E-state index contributed by atoms with van der Waals surface area (Å²) in [4.78, 5) is 191. The molecule has 0 bridgehead atoms. The predicted octanol–water partition coefficient (Wildman–Crippen LogP) is 6.72. The lowest BCUT2D eigenvalue weighted by molar-refractivity contribution is -0.157. The van der Waals surface area contributed by atoms with Crippen LogP contribution in [0.5, 0.6) is 0 Å². The van der Waals surface area contributed by atoms with Gasteiger partial charge >= 0.3 is 18.0 Å². The van der Waals surface area contributed by atoms with Crippen LogP contribution in [-0.4, -0.2) is 259 Å². The minimum absolute atomic E-state index is 0.0888. The number of amides is 9. The maximum absolute atomic E-state index is 15.2. The molecular weight excluding hydrogens is 1300 g/mol. The van der Waals surface area contributed by atoms with Crippen molar-refractivity contribution >= 4 is 76.9 Å². The molecule has 0 aliphatic heterocycles. The van der Waals surface area contributed by atoms with E-state index in [4.69, 9.17) is 18.9 Å². The zero-order valence-electron chi connectivity index (χ0n) is 66.6.